The second-order valence-corrected chi connectivity index (χ2v) is 5.72. The summed E-state index contributed by atoms with van der Waals surface area (Å²) in [7, 11) is 4.60. The molecule has 0 amide bonds. The number of hydrogen-bond donors (Lipinski definition) is 1. The van der Waals surface area contributed by atoms with Crippen LogP contribution in [0.1, 0.15) is 5.56 Å². The van der Waals surface area contributed by atoms with Gasteiger partial charge in [-0.05, 0) is 24.4 Å². The van der Waals surface area contributed by atoms with Crippen molar-refractivity contribution in [2.45, 2.75) is 0 Å². The predicted molar refractivity (Wildman–Crippen MR) is 102 cm³/mol. The van der Waals surface area contributed by atoms with Crippen LogP contribution in [-0.2, 0) is 0 Å². The number of halogens is 1. The van der Waals surface area contributed by atoms with Gasteiger partial charge in [0.1, 0.15) is 23.1 Å². The largest absolute Gasteiger partial charge is 0.496 e. The van der Waals surface area contributed by atoms with Gasteiger partial charge in [0.05, 0.1) is 38.7 Å². The van der Waals surface area contributed by atoms with Gasteiger partial charge in [0.2, 0.25) is 4.77 Å². The summed E-state index contributed by atoms with van der Waals surface area (Å²) in [6.07, 6.45) is 1.51. The number of H-pyrrole nitrogens is 1. The molecule has 0 aliphatic heterocycles. The maximum atomic E-state index is 14.1. The Morgan fingerprint density at radius 2 is 1.78 bits per heavy atom. The van der Waals surface area contributed by atoms with Crippen LogP contribution in [0.15, 0.2) is 41.5 Å². The van der Waals surface area contributed by atoms with Crippen molar-refractivity contribution >= 4 is 18.4 Å². The van der Waals surface area contributed by atoms with Gasteiger partial charge < -0.3 is 14.2 Å². The molecule has 1 N–H and O–H groups in total. The van der Waals surface area contributed by atoms with Crippen molar-refractivity contribution in [3.05, 3.63) is 52.5 Å². The molecule has 0 fully saturated rings. The monoisotopic (exact) mass is 388 g/mol. The SMILES string of the molecule is COc1cc(OC)c(/C=N\n2c(-c3ccccc3F)n[nH]c2=S)c(OC)c1. The third-order valence-corrected chi connectivity index (χ3v) is 4.08. The number of aromatic nitrogens is 3. The van der Waals surface area contributed by atoms with Gasteiger partial charge in [0.15, 0.2) is 5.82 Å². The average Bonchev–Trinajstić information content (AvgIpc) is 3.06. The Bertz CT molecular complexity index is 1020. The summed E-state index contributed by atoms with van der Waals surface area (Å²) in [5.74, 6) is 1.39. The van der Waals surface area contributed by atoms with Crippen LogP contribution in [-0.4, -0.2) is 42.4 Å². The first-order valence-corrected chi connectivity index (χ1v) is 8.26. The minimum absolute atomic E-state index is 0.218. The molecule has 0 aliphatic rings. The topological polar surface area (TPSA) is 73.7 Å². The molecule has 1 heterocycles. The highest BCUT2D eigenvalue weighted by Crippen LogP contribution is 2.32. The minimum atomic E-state index is -0.428. The van der Waals surface area contributed by atoms with Crippen molar-refractivity contribution in [2.75, 3.05) is 21.3 Å². The number of rotatable bonds is 6. The molecule has 2 aromatic carbocycles. The molecule has 0 saturated heterocycles. The molecule has 1 aromatic heterocycles. The van der Waals surface area contributed by atoms with Crippen molar-refractivity contribution < 1.29 is 18.6 Å². The summed E-state index contributed by atoms with van der Waals surface area (Å²) in [6, 6.07) is 9.66. The molecule has 0 aliphatic carbocycles. The van der Waals surface area contributed by atoms with E-state index in [1.807, 2.05) is 0 Å². The van der Waals surface area contributed by atoms with E-state index in [0.717, 1.165) is 0 Å². The van der Waals surface area contributed by atoms with Gasteiger partial charge in [-0.15, -0.1) is 0 Å². The first-order valence-electron chi connectivity index (χ1n) is 7.85. The highest BCUT2D eigenvalue weighted by molar-refractivity contribution is 7.71. The Hall–Kier alpha value is -3.20. The zero-order chi connectivity index (χ0) is 19.4. The molecule has 0 unspecified atom stereocenters. The minimum Gasteiger partial charge on any atom is -0.496 e. The smallest absolute Gasteiger partial charge is 0.216 e. The molecule has 3 rings (SSSR count). The summed E-state index contributed by atoms with van der Waals surface area (Å²) in [4.78, 5) is 0. The van der Waals surface area contributed by atoms with E-state index < -0.39 is 5.82 Å². The Morgan fingerprint density at radius 1 is 1.11 bits per heavy atom. The van der Waals surface area contributed by atoms with Crippen molar-refractivity contribution in [1.29, 1.82) is 0 Å². The molecular weight excluding hydrogens is 371 g/mol. The van der Waals surface area contributed by atoms with Crippen LogP contribution in [0, 0.1) is 10.6 Å². The number of aromatic amines is 1. The zero-order valence-electron chi connectivity index (χ0n) is 14.9. The molecule has 140 valence electrons. The van der Waals surface area contributed by atoms with Crippen molar-refractivity contribution in [2.24, 2.45) is 5.10 Å². The molecule has 0 atom stereocenters. The summed E-state index contributed by atoms with van der Waals surface area (Å²) in [5.41, 5.74) is 0.846. The van der Waals surface area contributed by atoms with E-state index in [9.17, 15) is 4.39 Å². The fraction of sp³-hybridized carbons (Fsp3) is 0.167. The van der Waals surface area contributed by atoms with E-state index in [-0.39, 0.29) is 16.2 Å². The summed E-state index contributed by atoms with van der Waals surface area (Å²) in [6.45, 7) is 0. The van der Waals surface area contributed by atoms with E-state index in [1.165, 1.54) is 31.2 Å². The van der Waals surface area contributed by atoms with Crippen molar-refractivity contribution in [3.8, 4) is 28.6 Å². The number of benzene rings is 2. The van der Waals surface area contributed by atoms with Crippen LogP contribution in [0.25, 0.3) is 11.4 Å². The fourth-order valence-corrected chi connectivity index (χ4v) is 2.67. The summed E-state index contributed by atoms with van der Waals surface area (Å²) < 4.78 is 31.7. The zero-order valence-corrected chi connectivity index (χ0v) is 15.7. The molecule has 9 heteroatoms. The van der Waals surface area contributed by atoms with Gasteiger partial charge in [0, 0.05) is 12.1 Å². The first kappa shape index (κ1) is 18.6. The van der Waals surface area contributed by atoms with Gasteiger partial charge in [-0.3, -0.25) is 0 Å². The highest BCUT2D eigenvalue weighted by atomic mass is 32.1. The molecular formula is C18H17FN4O3S. The Kier molecular flexibility index (Phi) is 5.51. The van der Waals surface area contributed by atoms with Crippen LogP contribution in [0.3, 0.4) is 0 Å². The van der Waals surface area contributed by atoms with Gasteiger partial charge in [-0.2, -0.15) is 14.9 Å². The number of nitrogens with zero attached hydrogens (tertiary/aromatic N) is 3. The number of hydrogen-bond acceptors (Lipinski definition) is 6. The second-order valence-electron chi connectivity index (χ2n) is 5.33. The Balaban J connectivity index is 2.10. The maximum Gasteiger partial charge on any atom is 0.216 e. The maximum absolute atomic E-state index is 14.1. The Labute approximate surface area is 160 Å². The fourth-order valence-electron chi connectivity index (χ4n) is 2.49. The van der Waals surface area contributed by atoms with E-state index in [0.29, 0.717) is 22.8 Å². The number of ether oxygens (including phenoxy) is 3. The lowest BCUT2D eigenvalue weighted by Gasteiger charge is -2.12. The van der Waals surface area contributed by atoms with Crippen LogP contribution in [0.4, 0.5) is 4.39 Å². The third-order valence-electron chi connectivity index (χ3n) is 3.82. The van der Waals surface area contributed by atoms with Gasteiger partial charge in [0.25, 0.3) is 0 Å². The lowest BCUT2D eigenvalue weighted by atomic mass is 10.2. The Morgan fingerprint density at radius 3 is 2.37 bits per heavy atom. The quantitative estimate of drug-likeness (QED) is 0.515. The van der Waals surface area contributed by atoms with Crippen LogP contribution < -0.4 is 14.2 Å². The molecule has 0 bridgehead atoms. The van der Waals surface area contributed by atoms with Gasteiger partial charge >= 0.3 is 0 Å². The van der Waals surface area contributed by atoms with E-state index in [1.54, 1.807) is 37.4 Å². The summed E-state index contributed by atoms with van der Waals surface area (Å²) in [5, 5.41) is 11.1. The van der Waals surface area contributed by atoms with Crippen LogP contribution >= 0.6 is 12.2 Å². The predicted octanol–water partition coefficient (Wildman–Crippen LogP) is 3.65. The van der Waals surface area contributed by atoms with Gasteiger partial charge in [-0.25, -0.2) is 9.49 Å². The summed E-state index contributed by atoms with van der Waals surface area (Å²) >= 11 is 5.22. The molecule has 27 heavy (non-hydrogen) atoms. The van der Waals surface area contributed by atoms with E-state index in [2.05, 4.69) is 15.3 Å². The van der Waals surface area contributed by atoms with E-state index in [4.69, 9.17) is 26.4 Å². The normalized spacial score (nSPS) is 11.0. The lowest BCUT2D eigenvalue weighted by Crippen LogP contribution is -2.00. The molecule has 0 saturated carbocycles. The van der Waals surface area contributed by atoms with Gasteiger partial charge in [-0.1, -0.05) is 12.1 Å². The molecule has 3 aromatic rings. The number of nitrogens with one attached hydrogen (secondary N) is 1. The van der Waals surface area contributed by atoms with Crippen LogP contribution in [0.2, 0.25) is 0 Å². The second kappa shape index (κ2) is 8.00. The number of methoxy groups -OCH3 is 3. The molecule has 0 radical (unpaired) electrons. The average molecular weight is 388 g/mol. The molecule has 7 nitrogen and oxygen atoms in total. The third kappa shape index (κ3) is 3.68. The van der Waals surface area contributed by atoms with Crippen molar-refractivity contribution in [3.63, 3.8) is 0 Å². The molecule has 0 spiro atoms. The lowest BCUT2D eigenvalue weighted by molar-refractivity contribution is 0.374. The van der Waals surface area contributed by atoms with Crippen LogP contribution in [0.5, 0.6) is 17.2 Å². The van der Waals surface area contributed by atoms with Crippen molar-refractivity contribution in [1.82, 2.24) is 14.9 Å². The standard InChI is InChI=1S/C18H17FN4O3S/c1-24-11-8-15(25-2)13(16(9-11)26-3)10-20-23-17(21-22-18(23)27)12-6-4-5-7-14(12)19/h4-10H,1-3H3,(H,22,27)/b20-10-. The highest BCUT2D eigenvalue weighted by Gasteiger charge is 2.14. The van der Waals surface area contributed by atoms with E-state index >= 15 is 0 Å². The first-order chi connectivity index (χ1) is 13.1.